The average molecular weight is 2100 g/mol. The van der Waals surface area contributed by atoms with Crippen LogP contribution in [0, 0.1) is 0 Å². The van der Waals surface area contributed by atoms with E-state index in [2.05, 4.69) is 0 Å². The molecule has 0 saturated carbocycles. The highest BCUT2D eigenvalue weighted by Gasteiger charge is 2.20. The monoisotopic (exact) mass is 2080 g/mol. The second-order valence-corrected chi connectivity index (χ2v) is 34.4. The van der Waals surface area contributed by atoms with Crippen molar-refractivity contribution in [2.75, 3.05) is 0 Å². The third kappa shape index (κ3) is 25.0. The first-order valence-electron chi connectivity index (χ1n) is 28.0. The number of benzene rings is 12. The van der Waals surface area contributed by atoms with Crippen molar-refractivity contribution < 1.29 is 0 Å². The molecule has 0 bridgehead atoms. The van der Waals surface area contributed by atoms with E-state index in [0.29, 0.717) is 162 Å². The molecule has 0 aliphatic carbocycles. The fourth-order valence-electron chi connectivity index (χ4n) is 8.63. The molecule has 0 saturated heterocycles. The van der Waals surface area contributed by atoms with E-state index in [1.54, 1.807) is 146 Å². The van der Waals surface area contributed by atoms with Gasteiger partial charge < -0.3 is 0 Å². The lowest BCUT2D eigenvalue weighted by atomic mass is 10.1. The van der Waals surface area contributed by atoms with E-state index in [0.717, 1.165) is 50.1 Å². The van der Waals surface area contributed by atoms with Crippen molar-refractivity contribution in [2.24, 2.45) is 0 Å². The molecule has 0 N–H and O–H groups in total. The SMILES string of the molecule is Clc1cc(-c2cc(Cl)c(Cl)c(Cl)c2)cc(Cl)c1Cl.Clc1cc(-c2cc(Cl)c(Cl)c(Cl)c2Cl)cc(Cl)c1Cl.Clc1cc(Cl)c(-c2cc(Cl)c(Cl)c(Cl)c2)cc1Cl.Clc1ccc(-c2cc(Cl)c(Cl)c(Cl)c2)c(Cl)c1.Clc1ccc(-c2cc(Cl)c(Cl)c(Cl)c2)cc1Cl.Clc1ccc(-c2cc(Cl)c(Cl)cc2Cl)cc1Cl. The molecular formula is C72H26Cl34. The zero-order chi connectivity index (χ0) is 78.9. The van der Waals surface area contributed by atoms with Crippen LogP contribution in [0.15, 0.2) is 158 Å². The third-order valence-electron chi connectivity index (χ3n) is 13.7. The summed E-state index contributed by atoms with van der Waals surface area (Å²) in [6, 6.07) is 44.1. The Morgan fingerprint density at radius 3 is 0.660 bits per heavy atom. The second kappa shape index (κ2) is 42.6. The van der Waals surface area contributed by atoms with Gasteiger partial charge in [-0.25, -0.2) is 0 Å². The van der Waals surface area contributed by atoms with Crippen LogP contribution in [-0.2, 0) is 0 Å². The molecule has 0 aromatic heterocycles. The van der Waals surface area contributed by atoms with Crippen LogP contribution in [0.5, 0.6) is 0 Å². The van der Waals surface area contributed by atoms with E-state index in [9.17, 15) is 0 Å². The first kappa shape index (κ1) is 93.7. The quantitative estimate of drug-likeness (QED) is 0.115. The number of hydrogen-bond donors (Lipinski definition) is 0. The molecule has 0 radical (unpaired) electrons. The summed E-state index contributed by atoms with van der Waals surface area (Å²) in [5, 5.41) is 12.8. The van der Waals surface area contributed by atoms with Crippen LogP contribution < -0.4 is 0 Å². The van der Waals surface area contributed by atoms with E-state index in [-0.39, 0.29) is 25.1 Å². The summed E-state index contributed by atoms with van der Waals surface area (Å²) in [6.45, 7) is 0. The van der Waals surface area contributed by atoms with Gasteiger partial charge in [-0.15, -0.1) is 0 Å². The second-order valence-electron chi connectivity index (χ2n) is 20.7. The third-order valence-corrected chi connectivity index (χ3v) is 26.7. The Morgan fingerprint density at radius 1 is 0.104 bits per heavy atom. The van der Waals surface area contributed by atoms with E-state index in [4.69, 9.17) is 394 Å². The summed E-state index contributed by atoms with van der Waals surface area (Å²) in [6.07, 6.45) is 0. The lowest BCUT2D eigenvalue weighted by Gasteiger charge is -2.11. The topological polar surface area (TPSA) is 0 Å². The lowest BCUT2D eigenvalue weighted by Crippen LogP contribution is -1.85. The molecule has 0 atom stereocenters. The van der Waals surface area contributed by atoms with Crippen molar-refractivity contribution in [3.05, 3.63) is 328 Å². The highest BCUT2D eigenvalue weighted by Crippen LogP contribution is 2.48. The minimum absolute atomic E-state index is 0.174. The van der Waals surface area contributed by atoms with Crippen LogP contribution in [-0.4, -0.2) is 0 Å². The van der Waals surface area contributed by atoms with Crippen LogP contribution in [0.25, 0.3) is 66.8 Å². The van der Waals surface area contributed by atoms with Gasteiger partial charge in [-0.2, -0.15) is 0 Å². The van der Waals surface area contributed by atoms with Crippen molar-refractivity contribution in [2.45, 2.75) is 0 Å². The van der Waals surface area contributed by atoms with Crippen molar-refractivity contribution >= 4 is 394 Å². The molecule has 0 spiro atoms. The highest BCUT2D eigenvalue weighted by molar-refractivity contribution is 6.56. The minimum atomic E-state index is 0.174. The Morgan fingerprint density at radius 2 is 0.330 bits per heavy atom. The molecule has 12 aromatic carbocycles. The maximum Gasteiger partial charge on any atom is 0.0800 e. The Labute approximate surface area is 778 Å². The first-order chi connectivity index (χ1) is 49.6. The fourth-order valence-corrected chi connectivity index (χ4v) is 15.5. The minimum Gasteiger partial charge on any atom is -0.0843 e. The predicted molar refractivity (Wildman–Crippen MR) is 482 cm³/mol. The molecular weight excluding hydrogens is 2070 g/mol. The zero-order valence-electron chi connectivity index (χ0n) is 50.9. The fraction of sp³-hybridized carbons (Fsp3) is 0. The molecule has 0 unspecified atom stereocenters. The van der Waals surface area contributed by atoms with Gasteiger partial charge in [0, 0.05) is 42.3 Å². The first-order valence-corrected chi connectivity index (χ1v) is 40.8. The van der Waals surface area contributed by atoms with Crippen molar-refractivity contribution in [3.8, 4) is 66.8 Å². The van der Waals surface area contributed by atoms with Gasteiger partial charge in [-0.1, -0.05) is 413 Å². The van der Waals surface area contributed by atoms with E-state index in [1.807, 2.05) is 12.1 Å². The Kier molecular flexibility index (Phi) is 37.6. The van der Waals surface area contributed by atoms with Gasteiger partial charge in [0.1, 0.15) is 0 Å². The Bertz CT molecular complexity index is 5130. The van der Waals surface area contributed by atoms with Crippen LogP contribution >= 0.6 is 394 Å². The molecule has 0 aliphatic heterocycles. The Balaban J connectivity index is 0.000000178. The van der Waals surface area contributed by atoms with Crippen LogP contribution in [0.4, 0.5) is 0 Å². The molecule has 552 valence electrons. The molecule has 0 amide bonds. The van der Waals surface area contributed by atoms with E-state index >= 15 is 0 Å². The van der Waals surface area contributed by atoms with Crippen LogP contribution in [0.1, 0.15) is 0 Å². The van der Waals surface area contributed by atoms with Crippen LogP contribution in [0.2, 0.25) is 171 Å². The normalized spacial score (nSPS) is 10.7. The Hall–Kier alpha value is 0.500. The standard InChI is InChI=1S/C12H3Cl7.2C12H4Cl6.3C12H5Cl5/c13-6-1-4(2-7(14)10(6)17)5-3-8(15)11(18)12(19)9(5)16;13-7-4-9(15)8(14)3-6(7)5-1-10(16)12(18)11(17)2-5;13-7-1-5(2-8(14)11(7)17)6-3-9(15)12(18)10(16)4-6;13-7-1-2-8(9(14)5-7)6-3-10(15)12(17)11(16)4-6;13-8-2-1-6(3-10(8)15)7-4-11(16)12(17)5-9(7)14;13-8-2-1-6(3-9(8)14)7-4-10(15)12(17)11(16)5-7/h1-3H;2*1-4H;3*1-5H. The number of hydrogen-bond acceptors (Lipinski definition) is 0. The maximum absolute atomic E-state index is 6.16. The van der Waals surface area contributed by atoms with Gasteiger partial charge in [0.15, 0.2) is 0 Å². The summed E-state index contributed by atoms with van der Waals surface area (Å²) >= 11 is 202. The van der Waals surface area contributed by atoms with Crippen LogP contribution in [0.3, 0.4) is 0 Å². The molecule has 12 rings (SSSR count). The summed E-state index contributed by atoms with van der Waals surface area (Å²) in [5.74, 6) is 0. The summed E-state index contributed by atoms with van der Waals surface area (Å²) < 4.78 is 0. The molecule has 0 aliphatic rings. The molecule has 34 heteroatoms. The highest BCUT2D eigenvalue weighted by atomic mass is 35.5. The average Bonchev–Trinajstić information content (AvgIpc) is 0.794. The van der Waals surface area contributed by atoms with Crippen molar-refractivity contribution in [1.82, 2.24) is 0 Å². The molecule has 0 fully saturated rings. The van der Waals surface area contributed by atoms with Gasteiger partial charge in [-0.05, 0) is 184 Å². The van der Waals surface area contributed by atoms with E-state index in [1.165, 1.54) is 0 Å². The van der Waals surface area contributed by atoms with Gasteiger partial charge in [0.25, 0.3) is 0 Å². The summed E-state index contributed by atoms with van der Waals surface area (Å²) in [4.78, 5) is 0. The van der Waals surface area contributed by atoms with Crippen molar-refractivity contribution in [1.29, 1.82) is 0 Å². The molecule has 0 heterocycles. The predicted octanol–water partition coefficient (Wildman–Crippen LogP) is 42.3. The smallest absolute Gasteiger partial charge is 0.0800 e. The number of rotatable bonds is 6. The molecule has 0 nitrogen and oxygen atoms in total. The number of halogens is 34. The molecule has 106 heavy (non-hydrogen) atoms. The largest absolute Gasteiger partial charge is 0.0843 e. The van der Waals surface area contributed by atoms with Gasteiger partial charge >= 0.3 is 0 Å². The summed E-state index contributed by atoms with van der Waals surface area (Å²) in [5.41, 5.74) is 9.05. The zero-order valence-corrected chi connectivity index (χ0v) is 76.6. The molecule has 12 aromatic rings. The maximum atomic E-state index is 6.16. The van der Waals surface area contributed by atoms with Crippen molar-refractivity contribution in [3.63, 3.8) is 0 Å². The van der Waals surface area contributed by atoms with Gasteiger partial charge in [0.2, 0.25) is 0 Å². The van der Waals surface area contributed by atoms with Gasteiger partial charge in [-0.3, -0.25) is 0 Å². The lowest BCUT2D eigenvalue weighted by molar-refractivity contribution is 1.61. The van der Waals surface area contributed by atoms with E-state index < -0.39 is 0 Å². The summed E-state index contributed by atoms with van der Waals surface area (Å²) in [7, 11) is 0. The van der Waals surface area contributed by atoms with Gasteiger partial charge in [0.05, 0.1) is 151 Å².